The number of benzene rings is 1. The first-order valence-corrected chi connectivity index (χ1v) is 13.6. The number of carbonyl (C=O) groups excluding carboxylic acids is 1. The van der Waals surface area contributed by atoms with E-state index in [0.717, 1.165) is 38.2 Å². The molecular formula is C30H37N3O3. The highest BCUT2D eigenvalue weighted by Gasteiger charge is 2.21. The smallest absolute Gasteiger partial charge is 0.263 e. The normalized spacial score (nSPS) is 17.8. The third-order valence-electron chi connectivity index (χ3n) is 7.54. The Morgan fingerprint density at radius 2 is 1.86 bits per heavy atom. The Balaban J connectivity index is 1.02. The van der Waals surface area contributed by atoms with Crippen LogP contribution in [-0.2, 0) is 6.54 Å². The summed E-state index contributed by atoms with van der Waals surface area (Å²) in [6.07, 6.45) is 14.8. The zero-order valence-electron chi connectivity index (χ0n) is 21.1. The quantitative estimate of drug-likeness (QED) is 0.296. The molecule has 2 fully saturated rings. The summed E-state index contributed by atoms with van der Waals surface area (Å²) >= 11 is 0. The summed E-state index contributed by atoms with van der Waals surface area (Å²) in [6.45, 7) is 3.20. The molecule has 190 valence electrons. The number of rotatable bonds is 10. The molecule has 0 bridgehead atoms. The van der Waals surface area contributed by atoms with Gasteiger partial charge in [0.2, 0.25) is 5.78 Å². The van der Waals surface area contributed by atoms with E-state index in [1.54, 1.807) is 12.4 Å². The van der Waals surface area contributed by atoms with E-state index in [9.17, 15) is 4.79 Å². The molecule has 0 radical (unpaired) electrons. The van der Waals surface area contributed by atoms with Crippen molar-refractivity contribution in [3.63, 3.8) is 0 Å². The van der Waals surface area contributed by atoms with Crippen LogP contribution in [0.5, 0.6) is 5.75 Å². The average molecular weight is 488 g/mol. The number of ether oxygens (including phenoxy) is 1. The topological polar surface area (TPSA) is 68.5 Å². The van der Waals surface area contributed by atoms with E-state index in [4.69, 9.17) is 9.15 Å². The fourth-order valence-corrected chi connectivity index (χ4v) is 5.47. The molecule has 3 heterocycles. The van der Waals surface area contributed by atoms with Gasteiger partial charge in [0.25, 0.3) is 5.89 Å². The summed E-state index contributed by atoms with van der Waals surface area (Å²) in [6, 6.07) is 14.3. The minimum Gasteiger partial charge on any atom is -0.490 e. The summed E-state index contributed by atoms with van der Waals surface area (Å²) in [5.41, 5.74) is 2.03. The maximum Gasteiger partial charge on any atom is 0.263 e. The lowest BCUT2D eigenvalue weighted by molar-refractivity contribution is 0.0941. The van der Waals surface area contributed by atoms with Gasteiger partial charge in [-0.25, -0.2) is 4.98 Å². The molecule has 1 saturated heterocycles. The number of carbonyl (C=O) groups is 1. The first-order chi connectivity index (χ1) is 17.7. The van der Waals surface area contributed by atoms with E-state index in [2.05, 4.69) is 39.1 Å². The van der Waals surface area contributed by atoms with Crippen LogP contribution in [0.2, 0.25) is 0 Å². The third kappa shape index (κ3) is 6.82. The number of oxazole rings is 1. The number of hydrogen-bond donors (Lipinski definition) is 0. The maximum atomic E-state index is 12.5. The lowest BCUT2D eigenvalue weighted by Gasteiger charge is -2.32. The second-order valence-electron chi connectivity index (χ2n) is 10.3. The van der Waals surface area contributed by atoms with E-state index in [1.807, 2.05) is 18.2 Å². The van der Waals surface area contributed by atoms with Gasteiger partial charge in [-0.3, -0.25) is 14.7 Å². The van der Waals surface area contributed by atoms with E-state index < -0.39 is 0 Å². The van der Waals surface area contributed by atoms with Gasteiger partial charge in [-0.05, 0) is 100 Å². The number of ketones is 1. The minimum atomic E-state index is -0.0232. The Bertz CT molecular complexity index is 1100. The van der Waals surface area contributed by atoms with Gasteiger partial charge in [0, 0.05) is 19.2 Å². The summed E-state index contributed by atoms with van der Waals surface area (Å²) in [7, 11) is 0. The first-order valence-electron chi connectivity index (χ1n) is 13.6. The number of likely N-dealkylation sites (tertiary alicyclic amines) is 1. The molecule has 0 spiro atoms. The molecule has 0 amide bonds. The first kappa shape index (κ1) is 24.7. The Hall–Kier alpha value is -2.99. The Morgan fingerprint density at radius 3 is 2.67 bits per heavy atom. The van der Waals surface area contributed by atoms with Crippen molar-refractivity contribution >= 4 is 5.78 Å². The van der Waals surface area contributed by atoms with Crippen LogP contribution < -0.4 is 4.74 Å². The molecule has 5 rings (SSSR count). The van der Waals surface area contributed by atoms with Gasteiger partial charge in [0.05, 0.1) is 12.3 Å². The lowest BCUT2D eigenvalue weighted by Crippen LogP contribution is -2.33. The molecule has 36 heavy (non-hydrogen) atoms. The fourth-order valence-electron chi connectivity index (χ4n) is 5.47. The van der Waals surface area contributed by atoms with E-state index >= 15 is 0 Å². The zero-order chi connectivity index (χ0) is 24.6. The molecule has 3 aromatic rings. The van der Waals surface area contributed by atoms with Crippen LogP contribution >= 0.6 is 0 Å². The summed E-state index contributed by atoms with van der Waals surface area (Å²) in [4.78, 5) is 23.5. The molecule has 0 N–H and O–H groups in total. The van der Waals surface area contributed by atoms with Crippen molar-refractivity contribution in [2.75, 3.05) is 13.1 Å². The van der Waals surface area contributed by atoms with Crippen molar-refractivity contribution in [1.29, 1.82) is 0 Å². The monoisotopic (exact) mass is 487 g/mol. The Morgan fingerprint density at radius 1 is 1.00 bits per heavy atom. The highest BCUT2D eigenvalue weighted by Crippen LogP contribution is 2.27. The average Bonchev–Trinajstić information content (AvgIpc) is 3.42. The molecule has 2 aromatic heterocycles. The van der Waals surface area contributed by atoms with Crippen LogP contribution in [0.25, 0.3) is 11.5 Å². The summed E-state index contributed by atoms with van der Waals surface area (Å²) in [5, 5.41) is 0. The highest BCUT2D eigenvalue weighted by molar-refractivity contribution is 5.91. The number of piperidine rings is 1. The molecule has 1 aliphatic carbocycles. The number of nitrogens with zero attached hydrogens (tertiary/aromatic N) is 3. The molecule has 1 saturated carbocycles. The van der Waals surface area contributed by atoms with Gasteiger partial charge < -0.3 is 9.15 Å². The van der Waals surface area contributed by atoms with Crippen LogP contribution in [0, 0.1) is 5.92 Å². The van der Waals surface area contributed by atoms with E-state index in [0.29, 0.717) is 29.9 Å². The van der Waals surface area contributed by atoms with Crippen LogP contribution in [0.4, 0.5) is 0 Å². The van der Waals surface area contributed by atoms with Gasteiger partial charge >= 0.3 is 0 Å². The van der Waals surface area contributed by atoms with E-state index in [-0.39, 0.29) is 11.7 Å². The van der Waals surface area contributed by atoms with Crippen molar-refractivity contribution in [3.8, 4) is 17.2 Å². The van der Waals surface area contributed by atoms with Gasteiger partial charge in [0.1, 0.15) is 11.4 Å². The third-order valence-corrected chi connectivity index (χ3v) is 7.54. The molecule has 0 atom stereocenters. The molecular weight excluding hydrogens is 450 g/mol. The van der Waals surface area contributed by atoms with Crippen LogP contribution in [-0.4, -0.2) is 39.8 Å². The number of Topliss-reactive ketones (excluding diaryl/α,β-unsaturated/α-hetero) is 1. The second kappa shape index (κ2) is 12.3. The standard InChI is InChI=1S/C30H37N3O3/c34-28(30-32-21-29(36-30)27-13-4-5-17-31-27)14-7-8-23-15-18-33(19-16-23)22-24-9-6-12-26(20-24)35-25-10-2-1-3-11-25/h4-6,9,12-13,17,20-21,23,25H,1-3,7-8,10-11,14-16,18-19,22H2. The SMILES string of the molecule is O=C(CCCC1CCN(Cc2cccc(OC3CCCCC3)c2)CC1)c1ncc(-c2ccccn2)o1. The maximum absolute atomic E-state index is 12.5. The number of pyridine rings is 1. The van der Waals surface area contributed by atoms with Crippen LogP contribution in [0.3, 0.4) is 0 Å². The van der Waals surface area contributed by atoms with Crippen molar-refractivity contribution in [1.82, 2.24) is 14.9 Å². The van der Waals surface area contributed by atoms with Gasteiger partial charge in [0.15, 0.2) is 5.76 Å². The molecule has 1 aromatic carbocycles. The summed E-state index contributed by atoms with van der Waals surface area (Å²) in [5.74, 6) is 2.42. The van der Waals surface area contributed by atoms with Gasteiger partial charge in [-0.2, -0.15) is 0 Å². The largest absolute Gasteiger partial charge is 0.490 e. The van der Waals surface area contributed by atoms with Crippen LogP contribution in [0.1, 0.15) is 80.5 Å². The molecule has 6 nitrogen and oxygen atoms in total. The number of hydrogen-bond acceptors (Lipinski definition) is 6. The molecule has 6 heteroatoms. The predicted molar refractivity (Wildman–Crippen MR) is 140 cm³/mol. The summed E-state index contributed by atoms with van der Waals surface area (Å²) < 4.78 is 11.9. The zero-order valence-corrected chi connectivity index (χ0v) is 21.1. The van der Waals surface area contributed by atoms with Crippen molar-refractivity contribution in [2.24, 2.45) is 5.92 Å². The number of aromatic nitrogens is 2. The minimum absolute atomic E-state index is 0.0232. The second-order valence-corrected chi connectivity index (χ2v) is 10.3. The Kier molecular flexibility index (Phi) is 8.44. The Labute approximate surface area is 214 Å². The van der Waals surface area contributed by atoms with Crippen molar-refractivity contribution in [3.05, 3.63) is 66.3 Å². The van der Waals surface area contributed by atoms with E-state index in [1.165, 1.54) is 50.5 Å². The highest BCUT2D eigenvalue weighted by atomic mass is 16.5. The van der Waals surface area contributed by atoms with Gasteiger partial charge in [-0.15, -0.1) is 0 Å². The molecule has 1 aliphatic heterocycles. The van der Waals surface area contributed by atoms with Gasteiger partial charge in [-0.1, -0.05) is 24.6 Å². The lowest BCUT2D eigenvalue weighted by atomic mass is 9.91. The van der Waals surface area contributed by atoms with Crippen LogP contribution in [0.15, 0.2) is 59.3 Å². The van der Waals surface area contributed by atoms with Crippen molar-refractivity contribution in [2.45, 2.75) is 76.9 Å². The molecule has 0 unspecified atom stereocenters. The molecule has 2 aliphatic rings. The predicted octanol–water partition coefficient (Wildman–Crippen LogP) is 6.71. The fraction of sp³-hybridized carbons (Fsp3) is 0.500. The van der Waals surface area contributed by atoms with Crippen molar-refractivity contribution < 1.29 is 13.9 Å².